The molecule has 5 nitrogen and oxygen atoms in total. The Morgan fingerprint density at radius 3 is 2.10 bits per heavy atom. The highest BCUT2D eigenvalue weighted by Crippen LogP contribution is 2.41. The van der Waals surface area contributed by atoms with Crippen molar-refractivity contribution in [3.05, 3.63) is 101 Å². The Morgan fingerprint density at radius 2 is 1.42 bits per heavy atom. The van der Waals surface area contributed by atoms with E-state index in [0.29, 0.717) is 5.69 Å². The molecule has 0 aliphatic carbocycles. The largest absolute Gasteiger partial charge is 0.273 e. The standard InChI is InChI=1S/C25H19BrN2O3/c26-18-12-14-19(15-13-18)27-24(29)22-21(16-11-17-7-3-1-4-8-17)28(31-23(22)25(27)30)20-9-5-2-6-10-20/h1-16,21-23H/b16-11+/t21-,22-,23+/m1/s1. The maximum absolute atomic E-state index is 13.4. The minimum Gasteiger partial charge on any atom is -0.273 e. The van der Waals surface area contributed by atoms with Crippen LogP contribution in [0.15, 0.2) is 95.5 Å². The van der Waals surface area contributed by atoms with E-state index in [9.17, 15) is 9.59 Å². The maximum atomic E-state index is 13.4. The molecule has 0 bridgehead atoms. The zero-order valence-electron chi connectivity index (χ0n) is 16.5. The second-order valence-electron chi connectivity index (χ2n) is 7.46. The number of hydrogen-bond donors (Lipinski definition) is 0. The third-order valence-electron chi connectivity index (χ3n) is 5.54. The SMILES string of the molecule is O=C1[C@H]2[C@H](ON(c3ccccc3)[C@@H]2/C=C/c2ccccc2)C(=O)N1c1ccc(Br)cc1. The third kappa shape index (κ3) is 3.58. The molecular weight excluding hydrogens is 456 g/mol. The summed E-state index contributed by atoms with van der Waals surface area (Å²) < 4.78 is 0.880. The van der Waals surface area contributed by atoms with Crippen molar-refractivity contribution >= 4 is 45.2 Å². The summed E-state index contributed by atoms with van der Waals surface area (Å²) >= 11 is 3.39. The molecule has 0 spiro atoms. The van der Waals surface area contributed by atoms with Crippen LogP contribution in [0.2, 0.25) is 0 Å². The molecule has 0 aromatic heterocycles. The lowest BCUT2D eigenvalue weighted by Gasteiger charge is -2.26. The summed E-state index contributed by atoms with van der Waals surface area (Å²) in [5.74, 6) is -1.22. The van der Waals surface area contributed by atoms with Gasteiger partial charge in [-0.15, -0.1) is 0 Å². The van der Waals surface area contributed by atoms with E-state index in [0.717, 1.165) is 15.7 Å². The number of imide groups is 1. The topological polar surface area (TPSA) is 49.9 Å². The van der Waals surface area contributed by atoms with Gasteiger partial charge in [0.15, 0.2) is 6.10 Å². The number of benzene rings is 3. The van der Waals surface area contributed by atoms with E-state index >= 15 is 0 Å². The fourth-order valence-corrected chi connectivity index (χ4v) is 4.33. The highest BCUT2D eigenvalue weighted by Gasteiger charge is 2.59. The molecular formula is C25H19BrN2O3. The molecule has 2 aliphatic heterocycles. The van der Waals surface area contributed by atoms with Gasteiger partial charge < -0.3 is 0 Å². The zero-order valence-corrected chi connectivity index (χ0v) is 18.1. The third-order valence-corrected chi connectivity index (χ3v) is 6.07. The molecule has 0 radical (unpaired) electrons. The van der Waals surface area contributed by atoms with Crippen molar-refractivity contribution in [1.29, 1.82) is 0 Å². The first-order chi connectivity index (χ1) is 15.1. The highest BCUT2D eigenvalue weighted by atomic mass is 79.9. The molecule has 2 saturated heterocycles. The van der Waals surface area contributed by atoms with Crippen molar-refractivity contribution in [3.8, 4) is 0 Å². The summed E-state index contributed by atoms with van der Waals surface area (Å²) in [4.78, 5) is 34.0. The summed E-state index contributed by atoms with van der Waals surface area (Å²) in [5.41, 5.74) is 2.36. The quantitative estimate of drug-likeness (QED) is 0.507. The number of hydrogen-bond acceptors (Lipinski definition) is 4. The summed E-state index contributed by atoms with van der Waals surface area (Å²) in [6.45, 7) is 0. The normalized spacial score (nSPS) is 23.1. The highest BCUT2D eigenvalue weighted by molar-refractivity contribution is 9.10. The number of carbonyl (C=O) groups is 2. The second kappa shape index (κ2) is 8.13. The minimum atomic E-state index is -0.859. The van der Waals surface area contributed by atoms with Gasteiger partial charge in [0.1, 0.15) is 5.92 Å². The number of halogens is 1. The van der Waals surface area contributed by atoms with Crippen molar-refractivity contribution in [2.45, 2.75) is 12.1 Å². The molecule has 0 saturated carbocycles. The summed E-state index contributed by atoms with van der Waals surface area (Å²) in [7, 11) is 0. The Bertz CT molecular complexity index is 1130. The molecule has 2 heterocycles. The molecule has 154 valence electrons. The van der Waals surface area contributed by atoms with Crippen LogP contribution in [0.5, 0.6) is 0 Å². The molecule has 0 unspecified atom stereocenters. The van der Waals surface area contributed by atoms with Crippen molar-refractivity contribution in [1.82, 2.24) is 0 Å². The van der Waals surface area contributed by atoms with E-state index in [1.54, 1.807) is 17.2 Å². The fraction of sp³-hybridized carbons (Fsp3) is 0.120. The first kappa shape index (κ1) is 19.7. The predicted octanol–water partition coefficient (Wildman–Crippen LogP) is 4.84. The number of amides is 2. The van der Waals surface area contributed by atoms with Crippen molar-refractivity contribution in [2.75, 3.05) is 9.96 Å². The van der Waals surface area contributed by atoms with Gasteiger partial charge in [0.05, 0.1) is 17.4 Å². The number of fused-ring (bicyclic) bond motifs is 1. The van der Waals surface area contributed by atoms with Crippen LogP contribution in [0, 0.1) is 5.92 Å². The monoisotopic (exact) mass is 474 g/mol. The van der Waals surface area contributed by atoms with Crippen LogP contribution in [0.1, 0.15) is 5.56 Å². The van der Waals surface area contributed by atoms with Gasteiger partial charge in [0, 0.05) is 4.47 Å². The van der Waals surface area contributed by atoms with Gasteiger partial charge in [0.2, 0.25) is 5.91 Å². The number of carbonyl (C=O) groups excluding carboxylic acids is 2. The first-order valence-electron chi connectivity index (χ1n) is 10.0. The molecule has 0 N–H and O–H groups in total. The lowest BCUT2D eigenvalue weighted by Crippen LogP contribution is -2.39. The fourth-order valence-electron chi connectivity index (χ4n) is 4.07. The smallest absolute Gasteiger partial charge is 0.266 e. The van der Waals surface area contributed by atoms with E-state index in [-0.39, 0.29) is 11.8 Å². The number of anilines is 2. The Hall–Kier alpha value is -3.22. The lowest BCUT2D eigenvalue weighted by molar-refractivity contribution is -0.126. The molecule has 2 fully saturated rings. The van der Waals surface area contributed by atoms with Gasteiger partial charge in [-0.25, -0.2) is 9.96 Å². The van der Waals surface area contributed by atoms with Crippen molar-refractivity contribution in [2.24, 2.45) is 5.92 Å². The second-order valence-corrected chi connectivity index (χ2v) is 8.38. The summed E-state index contributed by atoms with van der Waals surface area (Å²) in [5, 5.41) is 1.68. The Labute approximate surface area is 188 Å². The summed E-state index contributed by atoms with van der Waals surface area (Å²) in [6.07, 6.45) is 3.05. The van der Waals surface area contributed by atoms with E-state index in [1.165, 1.54) is 4.90 Å². The predicted molar refractivity (Wildman–Crippen MR) is 123 cm³/mol. The van der Waals surface area contributed by atoms with Crippen LogP contribution in [-0.2, 0) is 14.4 Å². The average Bonchev–Trinajstić information content (AvgIpc) is 3.30. The number of hydroxylamine groups is 1. The van der Waals surface area contributed by atoms with Gasteiger partial charge in [-0.2, -0.15) is 0 Å². The number of rotatable bonds is 4. The van der Waals surface area contributed by atoms with E-state index in [1.807, 2.05) is 84.9 Å². The van der Waals surface area contributed by atoms with E-state index in [2.05, 4.69) is 15.9 Å². The average molecular weight is 475 g/mol. The molecule has 3 aromatic rings. The lowest BCUT2D eigenvalue weighted by atomic mass is 9.95. The minimum absolute atomic E-state index is 0.251. The van der Waals surface area contributed by atoms with Crippen LogP contribution in [0.25, 0.3) is 6.08 Å². The molecule has 5 rings (SSSR count). The van der Waals surface area contributed by atoms with Crippen molar-refractivity contribution in [3.63, 3.8) is 0 Å². The van der Waals surface area contributed by atoms with Crippen LogP contribution < -0.4 is 9.96 Å². The molecule has 3 aromatic carbocycles. The van der Waals surface area contributed by atoms with Crippen LogP contribution in [-0.4, -0.2) is 24.0 Å². The Balaban J connectivity index is 1.52. The number of nitrogens with zero attached hydrogens (tertiary/aromatic N) is 2. The maximum Gasteiger partial charge on any atom is 0.266 e. The molecule has 2 aliphatic rings. The van der Waals surface area contributed by atoms with Gasteiger partial charge in [0.25, 0.3) is 5.91 Å². The Morgan fingerprint density at radius 1 is 0.774 bits per heavy atom. The van der Waals surface area contributed by atoms with E-state index in [4.69, 9.17) is 4.84 Å². The molecule has 2 amide bonds. The van der Waals surface area contributed by atoms with Gasteiger partial charge in [-0.05, 0) is 42.0 Å². The van der Waals surface area contributed by atoms with Crippen LogP contribution in [0.3, 0.4) is 0 Å². The van der Waals surface area contributed by atoms with Gasteiger partial charge >= 0.3 is 0 Å². The Kier molecular flexibility index (Phi) is 5.18. The molecule has 6 heteroatoms. The van der Waals surface area contributed by atoms with Crippen LogP contribution in [0.4, 0.5) is 11.4 Å². The summed E-state index contributed by atoms with van der Waals surface area (Å²) in [6, 6.07) is 26.1. The molecule has 31 heavy (non-hydrogen) atoms. The van der Waals surface area contributed by atoms with Gasteiger partial charge in [-0.1, -0.05) is 76.6 Å². The van der Waals surface area contributed by atoms with Crippen LogP contribution >= 0.6 is 15.9 Å². The first-order valence-corrected chi connectivity index (χ1v) is 10.8. The molecule has 3 atom stereocenters. The van der Waals surface area contributed by atoms with Crippen molar-refractivity contribution < 1.29 is 14.4 Å². The zero-order chi connectivity index (χ0) is 21.4. The number of para-hydroxylation sites is 1. The van der Waals surface area contributed by atoms with Gasteiger partial charge in [-0.3, -0.25) is 14.4 Å². The van der Waals surface area contributed by atoms with E-state index < -0.39 is 18.1 Å².